The number of ether oxygens (including phenoxy) is 1. The van der Waals surface area contributed by atoms with Crippen molar-refractivity contribution in [2.45, 2.75) is 13.5 Å². The van der Waals surface area contributed by atoms with Gasteiger partial charge in [0.05, 0.1) is 42.1 Å². The van der Waals surface area contributed by atoms with Crippen molar-refractivity contribution in [1.82, 2.24) is 24.5 Å². The number of aromatic nitrogens is 5. The van der Waals surface area contributed by atoms with Crippen molar-refractivity contribution < 1.29 is 4.74 Å². The van der Waals surface area contributed by atoms with E-state index in [1.807, 2.05) is 31.2 Å². The number of hydrogen-bond donors (Lipinski definition) is 0. The van der Waals surface area contributed by atoms with Gasteiger partial charge in [-0.2, -0.15) is 0 Å². The molecule has 0 bridgehead atoms. The normalized spacial score (nSPS) is 14.4. The first kappa shape index (κ1) is 20.3. The van der Waals surface area contributed by atoms with Crippen molar-refractivity contribution in [3.8, 4) is 0 Å². The van der Waals surface area contributed by atoms with Gasteiger partial charge >= 0.3 is 0 Å². The van der Waals surface area contributed by atoms with Gasteiger partial charge in [0.15, 0.2) is 0 Å². The van der Waals surface area contributed by atoms with Crippen molar-refractivity contribution in [3.05, 3.63) is 59.2 Å². The van der Waals surface area contributed by atoms with E-state index in [1.54, 1.807) is 30.4 Å². The number of methoxy groups -OCH3 is 1. The van der Waals surface area contributed by atoms with Gasteiger partial charge in [-0.15, -0.1) is 0 Å². The van der Waals surface area contributed by atoms with E-state index in [-0.39, 0.29) is 5.56 Å². The number of benzene rings is 1. The number of piperazine rings is 1. The molecular formula is C23H25N7O2. The van der Waals surface area contributed by atoms with Gasteiger partial charge in [-0.25, -0.2) is 15.0 Å². The maximum atomic E-state index is 12.7. The monoisotopic (exact) mass is 431 g/mol. The van der Waals surface area contributed by atoms with Crippen molar-refractivity contribution in [3.63, 3.8) is 0 Å². The second kappa shape index (κ2) is 8.51. The van der Waals surface area contributed by atoms with E-state index in [0.717, 1.165) is 54.4 Å². The molecule has 1 aromatic carbocycles. The van der Waals surface area contributed by atoms with Gasteiger partial charge in [0.1, 0.15) is 11.6 Å². The predicted octanol–water partition coefficient (Wildman–Crippen LogP) is 2.02. The molecule has 0 radical (unpaired) electrons. The quantitative estimate of drug-likeness (QED) is 0.474. The molecule has 1 aliphatic heterocycles. The Balaban J connectivity index is 1.36. The summed E-state index contributed by atoms with van der Waals surface area (Å²) in [6, 6.07) is 7.87. The summed E-state index contributed by atoms with van der Waals surface area (Å²) in [6.07, 6.45) is 5.17. The Morgan fingerprint density at radius 3 is 2.62 bits per heavy atom. The Kier molecular flexibility index (Phi) is 5.40. The molecule has 0 aliphatic carbocycles. The van der Waals surface area contributed by atoms with Crippen LogP contribution in [0, 0.1) is 6.92 Å². The minimum absolute atomic E-state index is 0.0380. The number of rotatable bonds is 5. The van der Waals surface area contributed by atoms with Crippen LogP contribution in [-0.2, 0) is 11.3 Å². The van der Waals surface area contributed by atoms with Crippen LogP contribution in [0.2, 0.25) is 0 Å². The summed E-state index contributed by atoms with van der Waals surface area (Å²) >= 11 is 0. The Labute approximate surface area is 185 Å². The molecule has 0 amide bonds. The van der Waals surface area contributed by atoms with Crippen LogP contribution >= 0.6 is 0 Å². The summed E-state index contributed by atoms with van der Waals surface area (Å²) in [5, 5.41) is 1.65. The summed E-state index contributed by atoms with van der Waals surface area (Å²) in [5.41, 5.74) is 2.62. The smallest absolute Gasteiger partial charge is 0.261 e. The highest BCUT2D eigenvalue weighted by Gasteiger charge is 2.21. The van der Waals surface area contributed by atoms with E-state index < -0.39 is 0 Å². The van der Waals surface area contributed by atoms with E-state index in [4.69, 9.17) is 9.72 Å². The molecule has 4 heterocycles. The van der Waals surface area contributed by atoms with Gasteiger partial charge in [-0.05, 0) is 31.2 Å². The lowest BCUT2D eigenvalue weighted by atomic mass is 10.2. The summed E-state index contributed by atoms with van der Waals surface area (Å²) in [7, 11) is 1.62. The maximum absolute atomic E-state index is 12.7. The highest BCUT2D eigenvalue weighted by Crippen LogP contribution is 2.26. The van der Waals surface area contributed by atoms with E-state index in [1.165, 1.54) is 0 Å². The number of fused-ring (bicyclic) bond motifs is 2. The minimum atomic E-state index is -0.0380. The lowest BCUT2D eigenvalue weighted by Crippen LogP contribution is -2.47. The van der Waals surface area contributed by atoms with Gasteiger partial charge in [0, 0.05) is 50.6 Å². The molecule has 0 saturated carbocycles. The lowest BCUT2D eigenvalue weighted by molar-refractivity contribution is 0.186. The second-order valence-corrected chi connectivity index (χ2v) is 7.90. The van der Waals surface area contributed by atoms with E-state index in [2.05, 4.69) is 24.8 Å². The molecule has 1 aliphatic rings. The van der Waals surface area contributed by atoms with Gasteiger partial charge in [0.25, 0.3) is 5.56 Å². The number of anilines is 2. The first-order valence-corrected chi connectivity index (χ1v) is 10.7. The third-order valence-electron chi connectivity index (χ3n) is 5.88. The third kappa shape index (κ3) is 3.75. The summed E-state index contributed by atoms with van der Waals surface area (Å²) < 4.78 is 6.66. The fourth-order valence-corrected chi connectivity index (χ4v) is 4.19. The van der Waals surface area contributed by atoms with Crippen LogP contribution in [0.1, 0.15) is 5.82 Å². The Hall–Kier alpha value is -3.59. The zero-order valence-electron chi connectivity index (χ0n) is 18.2. The molecule has 9 heteroatoms. The topological polar surface area (TPSA) is 89.3 Å². The van der Waals surface area contributed by atoms with Gasteiger partial charge < -0.3 is 14.5 Å². The van der Waals surface area contributed by atoms with Crippen LogP contribution in [0.4, 0.5) is 11.5 Å². The predicted molar refractivity (Wildman–Crippen MR) is 124 cm³/mol. The molecule has 5 rings (SSSR count). The lowest BCUT2D eigenvalue weighted by Gasteiger charge is -2.37. The van der Waals surface area contributed by atoms with Crippen LogP contribution < -0.4 is 15.4 Å². The van der Waals surface area contributed by atoms with E-state index in [9.17, 15) is 4.79 Å². The fourth-order valence-electron chi connectivity index (χ4n) is 4.19. The second-order valence-electron chi connectivity index (χ2n) is 7.90. The third-order valence-corrected chi connectivity index (χ3v) is 5.88. The zero-order valence-corrected chi connectivity index (χ0v) is 18.2. The van der Waals surface area contributed by atoms with Crippen LogP contribution in [-0.4, -0.2) is 64.4 Å². The van der Waals surface area contributed by atoms with Crippen molar-refractivity contribution in [1.29, 1.82) is 0 Å². The molecule has 0 N–H and O–H groups in total. The van der Waals surface area contributed by atoms with E-state index >= 15 is 0 Å². The van der Waals surface area contributed by atoms with Crippen LogP contribution in [0.15, 0.2) is 47.8 Å². The van der Waals surface area contributed by atoms with Crippen molar-refractivity contribution in [2.75, 3.05) is 49.7 Å². The molecule has 1 saturated heterocycles. The molecule has 0 spiro atoms. The molecule has 4 aromatic rings. The van der Waals surface area contributed by atoms with E-state index in [0.29, 0.717) is 24.1 Å². The summed E-state index contributed by atoms with van der Waals surface area (Å²) in [5.74, 6) is 1.71. The average Bonchev–Trinajstić information content (AvgIpc) is 2.83. The largest absolute Gasteiger partial charge is 0.383 e. The Morgan fingerprint density at radius 2 is 1.81 bits per heavy atom. The number of nitrogens with zero attached hydrogens (tertiary/aromatic N) is 7. The zero-order chi connectivity index (χ0) is 22.1. The average molecular weight is 432 g/mol. The van der Waals surface area contributed by atoms with Crippen molar-refractivity contribution in [2.24, 2.45) is 0 Å². The molecule has 0 atom stereocenters. The molecular weight excluding hydrogens is 406 g/mol. The van der Waals surface area contributed by atoms with Crippen LogP contribution in [0.5, 0.6) is 0 Å². The Morgan fingerprint density at radius 1 is 1.00 bits per heavy atom. The standard InChI is InChI=1S/C23H25N7O2/c1-16-26-21-14-24-6-5-18(21)22(27-16)29-9-7-28(8-10-29)17-3-4-19-20(13-17)25-15-30(23(19)31)11-12-32-2/h3-6,13-15H,7-12H2,1-2H3. The number of pyridine rings is 1. The maximum Gasteiger partial charge on any atom is 0.261 e. The number of aryl methyl sites for hydroxylation is 1. The summed E-state index contributed by atoms with van der Waals surface area (Å²) in [6.45, 7) is 6.29. The van der Waals surface area contributed by atoms with Gasteiger partial charge in [-0.3, -0.25) is 14.3 Å². The van der Waals surface area contributed by atoms with Gasteiger partial charge in [0.2, 0.25) is 0 Å². The highest BCUT2D eigenvalue weighted by molar-refractivity contribution is 5.89. The molecule has 1 fully saturated rings. The first-order chi connectivity index (χ1) is 15.6. The minimum Gasteiger partial charge on any atom is -0.383 e. The van der Waals surface area contributed by atoms with Crippen LogP contribution in [0.3, 0.4) is 0 Å². The highest BCUT2D eigenvalue weighted by atomic mass is 16.5. The molecule has 164 valence electrons. The SMILES string of the molecule is COCCn1cnc2cc(N3CCN(c4nc(C)nc5cnccc45)CC3)ccc2c1=O. The molecule has 0 unspecified atom stereocenters. The number of hydrogen-bond acceptors (Lipinski definition) is 8. The summed E-state index contributed by atoms with van der Waals surface area (Å²) in [4.78, 5) is 35.2. The molecule has 9 nitrogen and oxygen atoms in total. The Bertz CT molecular complexity index is 1330. The van der Waals surface area contributed by atoms with Crippen LogP contribution in [0.25, 0.3) is 21.8 Å². The molecule has 32 heavy (non-hydrogen) atoms. The van der Waals surface area contributed by atoms with Crippen molar-refractivity contribution >= 4 is 33.3 Å². The fraction of sp³-hybridized carbons (Fsp3) is 0.348. The molecule has 3 aromatic heterocycles. The first-order valence-electron chi connectivity index (χ1n) is 10.7. The van der Waals surface area contributed by atoms with Gasteiger partial charge in [-0.1, -0.05) is 0 Å².